The van der Waals surface area contributed by atoms with Crippen molar-refractivity contribution in [2.75, 3.05) is 0 Å². The SMILES string of the molecule is NC(N)c1csc2ccccc12. The zero-order chi connectivity index (χ0) is 8.55. The molecule has 2 nitrogen and oxygen atoms in total. The highest BCUT2D eigenvalue weighted by atomic mass is 32.1. The van der Waals surface area contributed by atoms with Gasteiger partial charge in [0.25, 0.3) is 0 Å². The molecule has 0 aliphatic carbocycles. The van der Waals surface area contributed by atoms with Crippen LogP contribution in [0.15, 0.2) is 29.6 Å². The molecule has 0 amide bonds. The zero-order valence-corrected chi connectivity index (χ0v) is 7.34. The largest absolute Gasteiger partial charge is 0.312 e. The first-order valence-corrected chi connectivity index (χ1v) is 4.64. The summed E-state index contributed by atoms with van der Waals surface area (Å²) in [6.45, 7) is 0. The maximum Gasteiger partial charge on any atom is 0.0798 e. The molecule has 0 saturated carbocycles. The number of benzene rings is 1. The molecule has 0 aliphatic heterocycles. The summed E-state index contributed by atoms with van der Waals surface area (Å²) in [7, 11) is 0. The molecule has 0 saturated heterocycles. The lowest BCUT2D eigenvalue weighted by Gasteiger charge is -2.01. The number of thiophene rings is 1. The molecule has 0 atom stereocenters. The van der Waals surface area contributed by atoms with Crippen LogP contribution in [0.1, 0.15) is 11.7 Å². The summed E-state index contributed by atoms with van der Waals surface area (Å²) in [4.78, 5) is 0. The first kappa shape index (κ1) is 7.73. The second-order valence-electron chi connectivity index (χ2n) is 2.71. The van der Waals surface area contributed by atoms with Gasteiger partial charge in [0.2, 0.25) is 0 Å². The first-order valence-electron chi connectivity index (χ1n) is 3.76. The molecule has 2 aromatic rings. The van der Waals surface area contributed by atoms with E-state index in [1.54, 1.807) is 11.3 Å². The molecule has 2 rings (SSSR count). The third-order valence-electron chi connectivity index (χ3n) is 1.87. The van der Waals surface area contributed by atoms with Crippen LogP contribution in [-0.2, 0) is 0 Å². The molecular weight excluding hydrogens is 168 g/mol. The van der Waals surface area contributed by atoms with Gasteiger partial charge in [-0.3, -0.25) is 0 Å². The van der Waals surface area contributed by atoms with Crippen LogP contribution in [0.4, 0.5) is 0 Å². The van der Waals surface area contributed by atoms with Crippen molar-refractivity contribution in [3.63, 3.8) is 0 Å². The lowest BCUT2D eigenvalue weighted by Crippen LogP contribution is -2.19. The molecule has 4 N–H and O–H groups in total. The molecule has 1 heterocycles. The van der Waals surface area contributed by atoms with E-state index in [-0.39, 0.29) is 6.17 Å². The van der Waals surface area contributed by atoms with Crippen molar-refractivity contribution in [1.29, 1.82) is 0 Å². The smallest absolute Gasteiger partial charge is 0.0798 e. The number of rotatable bonds is 1. The average molecular weight is 178 g/mol. The third kappa shape index (κ3) is 1.12. The number of hydrogen-bond donors (Lipinski definition) is 2. The van der Waals surface area contributed by atoms with Crippen LogP contribution in [0.2, 0.25) is 0 Å². The second kappa shape index (κ2) is 2.86. The number of fused-ring (bicyclic) bond motifs is 1. The van der Waals surface area contributed by atoms with Gasteiger partial charge in [-0.2, -0.15) is 0 Å². The Kier molecular flexibility index (Phi) is 1.84. The van der Waals surface area contributed by atoms with Crippen LogP contribution in [-0.4, -0.2) is 0 Å². The highest BCUT2D eigenvalue weighted by Crippen LogP contribution is 2.27. The Morgan fingerprint density at radius 1 is 1.17 bits per heavy atom. The van der Waals surface area contributed by atoms with Crippen LogP contribution < -0.4 is 11.5 Å². The van der Waals surface area contributed by atoms with Gasteiger partial charge in [-0.05, 0) is 16.8 Å². The van der Waals surface area contributed by atoms with E-state index < -0.39 is 0 Å². The minimum Gasteiger partial charge on any atom is -0.312 e. The van der Waals surface area contributed by atoms with Crippen molar-refractivity contribution in [3.8, 4) is 0 Å². The van der Waals surface area contributed by atoms with E-state index in [0.717, 1.165) is 5.56 Å². The summed E-state index contributed by atoms with van der Waals surface area (Å²) < 4.78 is 1.24. The molecule has 0 bridgehead atoms. The topological polar surface area (TPSA) is 52.0 Å². The Labute approximate surface area is 74.8 Å². The van der Waals surface area contributed by atoms with Crippen molar-refractivity contribution in [3.05, 3.63) is 35.2 Å². The molecule has 0 fully saturated rings. The van der Waals surface area contributed by atoms with E-state index in [2.05, 4.69) is 6.07 Å². The number of nitrogens with two attached hydrogens (primary N) is 2. The van der Waals surface area contributed by atoms with Gasteiger partial charge in [0.15, 0.2) is 0 Å². The van der Waals surface area contributed by atoms with E-state index >= 15 is 0 Å². The fraction of sp³-hybridized carbons (Fsp3) is 0.111. The van der Waals surface area contributed by atoms with Crippen molar-refractivity contribution in [2.45, 2.75) is 6.17 Å². The van der Waals surface area contributed by atoms with E-state index in [0.29, 0.717) is 0 Å². The Bertz CT molecular complexity index is 392. The fourth-order valence-electron chi connectivity index (χ4n) is 1.26. The zero-order valence-electron chi connectivity index (χ0n) is 6.53. The lowest BCUT2D eigenvalue weighted by molar-refractivity contribution is 0.784. The molecule has 62 valence electrons. The summed E-state index contributed by atoms with van der Waals surface area (Å²) in [6.07, 6.45) is -0.360. The molecule has 1 aromatic carbocycles. The van der Waals surface area contributed by atoms with Gasteiger partial charge < -0.3 is 11.5 Å². The monoisotopic (exact) mass is 178 g/mol. The minimum atomic E-state index is -0.360. The van der Waals surface area contributed by atoms with E-state index in [4.69, 9.17) is 11.5 Å². The summed E-state index contributed by atoms with van der Waals surface area (Å²) >= 11 is 1.68. The summed E-state index contributed by atoms with van der Waals surface area (Å²) in [5.41, 5.74) is 12.3. The van der Waals surface area contributed by atoms with Gasteiger partial charge in [0, 0.05) is 10.3 Å². The van der Waals surface area contributed by atoms with E-state index in [1.807, 2.05) is 23.6 Å². The van der Waals surface area contributed by atoms with Crippen molar-refractivity contribution in [2.24, 2.45) is 11.5 Å². The van der Waals surface area contributed by atoms with Gasteiger partial charge in [-0.1, -0.05) is 18.2 Å². The van der Waals surface area contributed by atoms with Crippen molar-refractivity contribution in [1.82, 2.24) is 0 Å². The van der Waals surface area contributed by atoms with Gasteiger partial charge >= 0.3 is 0 Å². The second-order valence-corrected chi connectivity index (χ2v) is 3.62. The third-order valence-corrected chi connectivity index (χ3v) is 2.85. The van der Waals surface area contributed by atoms with Crippen LogP contribution in [0.5, 0.6) is 0 Å². The van der Waals surface area contributed by atoms with Crippen molar-refractivity contribution >= 4 is 21.4 Å². The summed E-state index contributed by atoms with van der Waals surface area (Å²) in [5, 5.41) is 3.20. The Morgan fingerprint density at radius 3 is 2.67 bits per heavy atom. The predicted octanol–water partition coefficient (Wildman–Crippen LogP) is 1.82. The normalized spacial score (nSPS) is 11.2. The molecule has 0 spiro atoms. The molecule has 0 radical (unpaired) electrons. The molecule has 1 aromatic heterocycles. The van der Waals surface area contributed by atoms with Crippen LogP contribution in [0, 0.1) is 0 Å². The first-order chi connectivity index (χ1) is 5.79. The standard InChI is InChI=1S/C9H10N2S/c10-9(11)7-5-12-8-4-2-1-3-6(7)8/h1-5,9H,10-11H2. The van der Waals surface area contributed by atoms with Gasteiger partial charge in [0.05, 0.1) is 6.17 Å². The highest BCUT2D eigenvalue weighted by Gasteiger charge is 2.06. The Balaban J connectivity index is 2.70. The molecule has 0 unspecified atom stereocenters. The molecule has 12 heavy (non-hydrogen) atoms. The summed E-state index contributed by atoms with van der Waals surface area (Å²) in [5.74, 6) is 0. The quantitative estimate of drug-likeness (QED) is 0.654. The predicted molar refractivity (Wildman–Crippen MR) is 52.9 cm³/mol. The van der Waals surface area contributed by atoms with Crippen molar-refractivity contribution < 1.29 is 0 Å². The maximum absolute atomic E-state index is 5.61. The fourth-order valence-corrected chi connectivity index (χ4v) is 2.26. The number of hydrogen-bond acceptors (Lipinski definition) is 3. The highest BCUT2D eigenvalue weighted by molar-refractivity contribution is 7.17. The van der Waals surface area contributed by atoms with Gasteiger partial charge in [0.1, 0.15) is 0 Å². The Morgan fingerprint density at radius 2 is 1.92 bits per heavy atom. The average Bonchev–Trinajstić information content (AvgIpc) is 2.47. The van der Waals surface area contributed by atoms with Crippen LogP contribution in [0.25, 0.3) is 10.1 Å². The van der Waals surface area contributed by atoms with E-state index in [9.17, 15) is 0 Å². The summed E-state index contributed by atoms with van der Waals surface area (Å²) in [6, 6.07) is 8.14. The molecule has 3 heteroatoms. The maximum atomic E-state index is 5.61. The minimum absolute atomic E-state index is 0.360. The molecular formula is C9H10N2S. The van der Waals surface area contributed by atoms with Gasteiger partial charge in [-0.25, -0.2) is 0 Å². The molecule has 0 aliphatic rings. The lowest BCUT2D eigenvalue weighted by atomic mass is 10.1. The van der Waals surface area contributed by atoms with Gasteiger partial charge in [-0.15, -0.1) is 11.3 Å². The van der Waals surface area contributed by atoms with Crippen LogP contribution in [0.3, 0.4) is 0 Å². The Hall–Kier alpha value is -0.900. The van der Waals surface area contributed by atoms with Crippen LogP contribution >= 0.6 is 11.3 Å². The van der Waals surface area contributed by atoms with E-state index in [1.165, 1.54) is 10.1 Å².